The summed E-state index contributed by atoms with van der Waals surface area (Å²) < 4.78 is 16.0. The molecular weight excluding hydrogens is 276 g/mol. The van der Waals surface area contributed by atoms with Crippen LogP contribution in [0.5, 0.6) is 0 Å². The van der Waals surface area contributed by atoms with Gasteiger partial charge in [0.2, 0.25) is 0 Å². The van der Waals surface area contributed by atoms with Gasteiger partial charge < -0.3 is 19.3 Å². The van der Waals surface area contributed by atoms with Crippen LogP contribution in [0, 0.1) is 5.41 Å². The average molecular weight is 300 g/mol. The average Bonchev–Trinajstić information content (AvgIpc) is 3.02. The highest BCUT2D eigenvalue weighted by molar-refractivity contribution is 5.75. The van der Waals surface area contributed by atoms with Gasteiger partial charge in [-0.25, -0.2) is 0 Å². The highest BCUT2D eigenvalue weighted by Gasteiger charge is 2.39. The molecule has 0 unspecified atom stereocenters. The third-order valence-electron chi connectivity index (χ3n) is 3.84. The van der Waals surface area contributed by atoms with Crippen molar-refractivity contribution in [1.82, 2.24) is 0 Å². The van der Waals surface area contributed by atoms with Crippen molar-refractivity contribution in [1.29, 1.82) is 0 Å². The van der Waals surface area contributed by atoms with Gasteiger partial charge in [-0.1, -0.05) is 0 Å². The second-order valence-corrected chi connectivity index (χ2v) is 6.77. The van der Waals surface area contributed by atoms with Crippen molar-refractivity contribution in [2.24, 2.45) is 5.41 Å². The molecule has 1 N–H and O–H groups in total. The summed E-state index contributed by atoms with van der Waals surface area (Å²) >= 11 is 0. The van der Waals surface area contributed by atoms with Crippen molar-refractivity contribution in [2.75, 3.05) is 6.61 Å². The molecule has 21 heavy (non-hydrogen) atoms. The second kappa shape index (κ2) is 6.32. The van der Waals surface area contributed by atoms with E-state index in [2.05, 4.69) is 0 Å². The fourth-order valence-corrected chi connectivity index (χ4v) is 2.54. The number of esters is 2. The molecule has 2 saturated heterocycles. The maximum absolute atomic E-state index is 11.7. The van der Waals surface area contributed by atoms with E-state index in [4.69, 9.17) is 14.2 Å². The van der Waals surface area contributed by atoms with Crippen LogP contribution in [-0.2, 0) is 23.8 Å². The SMILES string of the molecule is CC(C)(C)C(=O)OC[C@@H](O)[C@H]1CC[C@H]([C@H]2CCC(=O)O2)O1. The van der Waals surface area contributed by atoms with Crippen LogP contribution in [0.25, 0.3) is 0 Å². The van der Waals surface area contributed by atoms with Crippen LogP contribution >= 0.6 is 0 Å². The minimum atomic E-state index is -0.849. The minimum absolute atomic E-state index is 0.0715. The van der Waals surface area contributed by atoms with Gasteiger partial charge in [-0.15, -0.1) is 0 Å². The summed E-state index contributed by atoms with van der Waals surface area (Å²) in [5, 5.41) is 10.1. The van der Waals surface area contributed by atoms with Crippen molar-refractivity contribution in [3.05, 3.63) is 0 Å². The molecule has 2 fully saturated rings. The fourth-order valence-electron chi connectivity index (χ4n) is 2.54. The molecular formula is C15H24O6. The molecule has 2 aliphatic rings. The number of hydrogen-bond acceptors (Lipinski definition) is 6. The molecule has 0 aromatic rings. The largest absolute Gasteiger partial charge is 0.462 e. The van der Waals surface area contributed by atoms with E-state index in [1.54, 1.807) is 20.8 Å². The number of carbonyl (C=O) groups excluding carboxylic acids is 2. The molecule has 2 rings (SSSR count). The Morgan fingerprint density at radius 2 is 2.05 bits per heavy atom. The van der Waals surface area contributed by atoms with Crippen LogP contribution in [0.1, 0.15) is 46.5 Å². The van der Waals surface area contributed by atoms with Crippen LogP contribution < -0.4 is 0 Å². The third-order valence-corrected chi connectivity index (χ3v) is 3.84. The van der Waals surface area contributed by atoms with Gasteiger partial charge in [-0.2, -0.15) is 0 Å². The fraction of sp³-hybridized carbons (Fsp3) is 0.867. The molecule has 0 aliphatic carbocycles. The number of carbonyl (C=O) groups is 2. The molecule has 6 heteroatoms. The second-order valence-electron chi connectivity index (χ2n) is 6.77. The van der Waals surface area contributed by atoms with E-state index in [1.165, 1.54) is 0 Å². The normalized spacial score (nSPS) is 31.0. The van der Waals surface area contributed by atoms with Crippen LogP contribution in [0.15, 0.2) is 0 Å². The molecule has 0 radical (unpaired) electrons. The Balaban J connectivity index is 1.76. The summed E-state index contributed by atoms with van der Waals surface area (Å²) in [6.07, 6.45) is 0.938. The number of hydrogen-bond donors (Lipinski definition) is 1. The predicted molar refractivity (Wildman–Crippen MR) is 73.4 cm³/mol. The van der Waals surface area contributed by atoms with Gasteiger partial charge in [0.1, 0.15) is 18.8 Å². The molecule has 0 saturated carbocycles. The first-order valence-electron chi connectivity index (χ1n) is 7.47. The van der Waals surface area contributed by atoms with Gasteiger partial charge in [0.15, 0.2) is 0 Å². The van der Waals surface area contributed by atoms with Crippen LogP contribution in [0.4, 0.5) is 0 Å². The van der Waals surface area contributed by atoms with E-state index in [-0.39, 0.29) is 36.9 Å². The highest BCUT2D eigenvalue weighted by atomic mass is 16.6. The third kappa shape index (κ3) is 4.17. The maximum Gasteiger partial charge on any atom is 0.311 e. The zero-order valence-electron chi connectivity index (χ0n) is 12.8. The molecule has 4 atom stereocenters. The minimum Gasteiger partial charge on any atom is -0.462 e. The zero-order chi connectivity index (χ0) is 15.6. The van der Waals surface area contributed by atoms with Crippen molar-refractivity contribution in [3.8, 4) is 0 Å². The van der Waals surface area contributed by atoms with Gasteiger partial charge in [0.25, 0.3) is 0 Å². The monoisotopic (exact) mass is 300 g/mol. The topological polar surface area (TPSA) is 82.1 Å². The number of cyclic esters (lactones) is 1. The van der Waals surface area contributed by atoms with E-state index in [0.29, 0.717) is 19.3 Å². The smallest absolute Gasteiger partial charge is 0.311 e. The summed E-state index contributed by atoms with van der Waals surface area (Å²) in [7, 11) is 0. The first-order valence-corrected chi connectivity index (χ1v) is 7.47. The van der Waals surface area contributed by atoms with Gasteiger partial charge in [-0.05, 0) is 40.0 Å². The van der Waals surface area contributed by atoms with Crippen molar-refractivity contribution < 1.29 is 28.9 Å². The van der Waals surface area contributed by atoms with Crippen molar-refractivity contribution >= 4 is 11.9 Å². The molecule has 0 bridgehead atoms. The Morgan fingerprint density at radius 1 is 1.33 bits per heavy atom. The number of aliphatic hydroxyl groups is 1. The predicted octanol–water partition coefficient (Wildman–Crippen LogP) is 1.19. The summed E-state index contributed by atoms with van der Waals surface area (Å²) in [5.74, 6) is -0.535. The lowest BCUT2D eigenvalue weighted by atomic mass is 9.97. The maximum atomic E-state index is 11.7. The Kier molecular flexibility index (Phi) is 4.88. The lowest BCUT2D eigenvalue weighted by molar-refractivity contribution is -0.161. The van der Waals surface area contributed by atoms with E-state index in [0.717, 1.165) is 6.42 Å². The zero-order valence-corrected chi connectivity index (χ0v) is 12.8. The van der Waals surface area contributed by atoms with Crippen LogP contribution in [0.3, 0.4) is 0 Å². The molecule has 2 heterocycles. The molecule has 0 spiro atoms. The highest BCUT2D eigenvalue weighted by Crippen LogP contribution is 2.30. The Morgan fingerprint density at radius 3 is 2.62 bits per heavy atom. The van der Waals surface area contributed by atoms with E-state index < -0.39 is 11.5 Å². The number of aliphatic hydroxyl groups excluding tert-OH is 1. The van der Waals surface area contributed by atoms with Gasteiger partial charge in [0, 0.05) is 6.42 Å². The lowest BCUT2D eigenvalue weighted by Gasteiger charge is -2.23. The Labute approximate surface area is 124 Å². The van der Waals surface area contributed by atoms with Crippen molar-refractivity contribution in [3.63, 3.8) is 0 Å². The Hall–Kier alpha value is -1.14. The molecule has 2 aliphatic heterocycles. The summed E-state index contributed by atoms with van der Waals surface area (Å²) in [6, 6.07) is 0. The first-order chi connectivity index (χ1) is 9.77. The van der Waals surface area contributed by atoms with Gasteiger partial charge in [0.05, 0.1) is 17.6 Å². The summed E-state index contributed by atoms with van der Waals surface area (Å²) in [5.41, 5.74) is -0.586. The van der Waals surface area contributed by atoms with Gasteiger partial charge in [-0.3, -0.25) is 9.59 Å². The summed E-state index contributed by atoms with van der Waals surface area (Å²) in [4.78, 5) is 22.8. The summed E-state index contributed by atoms with van der Waals surface area (Å²) in [6.45, 7) is 5.21. The van der Waals surface area contributed by atoms with Crippen molar-refractivity contribution in [2.45, 2.75) is 70.9 Å². The van der Waals surface area contributed by atoms with E-state index >= 15 is 0 Å². The van der Waals surface area contributed by atoms with Gasteiger partial charge >= 0.3 is 11.9 Å². The van der Waals surface area contributed by atoms with E-state index in [9.17, 15) is 14.7 Å². The molecule has 120 valence electrons. The van der Waals surface area contributed by atoms with Crippen LogP contribution in [-0.4, -0.2) is 48.1 Å². The standard InChI is InChI=1S/C15H24O6/c1-15(2,3)14(18)19-8-9(16)10-4-5-11(20-10)12-6-7-13(17)21-12/h9-12,16H,4-8H2,1-3H3/t9-,10-,11-,12-/m1/s1. The molecule has 0 aromatic heterocycles. The molecule has 6 nitrogen and oxygen atoms in total. The van der Waals surface area contributed by atoms with E-state index in [1.807, 2.05) is 0 Å². The molecule has 0 aromatic carbocycles. The lowest BCUT2D eigenvalue weighted by Crippen LogP contribution is -2.35. The molecule has 0 amide bonds. The Bertz CT molecular complexity index is 399. The van der Waals surface area contributed by atoms with Crippen LogP contribution in [0.2, 0.25) is 0 Å². The first kappa shape index (κ1) is 16.2. The number of ether oxygens (including phenoxy) is 3. The quantitative estimate of drug-likeness (QED) is 0.785. The number of rotatable bonds is 4.